The Morgan fingerprint density at radius 1 is 1.28 bits per heavy atom. The third-order valence-electron chi connectivity index (χ3n) is 2.33. The average Bonchev–Trinajstić information content (AvgIpc) is 2.34. The van der Waals surface area contributed by atoms with Crippen LogP contribution in [0.25, 0.3) is 0 Å². The molecule has 1 rings (SSSR count). The predicted molar refractivity (Wildman–Crippen MR) is 77.6 cm³/mol. The van der Waals surface area contributed by atoms with E-state index in [0.717, 1.165) is 23.9 Å². The second-order valence-corrected chi connectivity index (χ2v) is 5.14. The summed E-state index contributed by atoms with van der Waals surface area (Å²) in [5, 5.41) is 3.87. The van der Waals surface area contributed by atoms with Crippen molar-refractivity contribution < 1.29 is 9.53 Å². The summed E-state index contributed by atoms with van der Waals surface area (Å²) in [4.78, 5) is 11.8. The van der Waals surface area contributed by atoms with Crippen molar-refractivity contribution in [1.29, 1.82) is 0 Å². The molecule has 0 bridgehead atoms. The van der Waals surface area contributed by atoms with E-state index in [2.05, 4.69) is 21.2 Å². The second-order valence-electron chi connectivity index (χ2n) is 4.34. The quantitative estimate of drug-likeness (QED) is 0.619. The molecule has 0 heterocycles. The van der Waals surface area contributed by atoms with Crippen molar-refractivity contribution in [2.75, 3.05) is 11.9 Å². The van der Waals surface area contributed by atoms with E-state index in [1.165, 1.54) is 0 Å². The fourth-order valence-corrected chi connectivity index (χ4v) is 1.88. The number of amides is 1. The van der Waals surface area contributed by atoms with Gasteiger partial charge in [0.2, 0.25) is 0 Å². The maximum atomic E-state index is 11.8. The molecule has 0 aliphatic carbocycles. The van der Waals surface area contributed by atoms with E-state index < -0.39 is 0 Å². The summed E-state index contributed by atoms with van der Waals surface area (Å²) in [7, 11) is 0. The van der Waals surface area contributed by atoms with E-state index in [1.807, 2.05) is 26.0 Å². The molecular formula is C14H20BrNO2. The minimum Gasteiger partial charge on any atom is -0.491 e. The van der Waals surface area contributed by atoms with Gasteiger partial charge in [-0.2, -0.15) is 0 Å². The summed E-state index contributed by atoms with van der Waals surface area (Å²) in [5.41, 5.74) is 0.671. The summed E-state index contributed by atoms with van der Waals surface area (Å²) in [6, 6.07) is 7.23. The van der Waals surface area contributed by atoms with E-state index in [-0.39, 0.29) is 12.0 Å². The highest BCUT2D eigenvalue weighted by Crippen LogP contribution is 2.13. The van der Waals surface area contributed by atoms with E-state index >= 15 is 0 Å². The number of ether oxygens (including phenoxy) is 1. The monoisotopic (exact) mass is 313 g/mol. The SMILES string of the molecule is CC(C)Oc1ccc(C(=O)NCCCCBr)cc1. The molecule has 18 heavy (non-hydrogen) atoms. The molecule has 0 fully saturated rings. The summed E-state index contributed by atoms with van der Waals surface area (Å²) in [6.45, 7) is 4.67. The van der Waals surface area contributed by atoms with Crippen LogP contribution < -0.4 is 10.1 Å². The summed E-state index contributed by atoms with van der Waals surface area (Å²) in [6.07, 6.45) is 2.21. The van der Waals surface area contributed by atoms with Gasteiger partial charge in [-0.25, -0.2) is 0 Å². The average molecular weight is 314 g/mol. The zero-order chi connectivity index (χ0) is 13.4. The molecule has 0 unspecified atom stereocenters. The summed E-state index contributed by atoms with van der Waals surface area (Å²) >= 11 is 3.36. The maximum absolute atomic E-state index is 11.8. The van der Waals surface area contributed by atoms with Crippen LogP contribution in [0.1, 0.15) is 37.0 Å². The number of carbonyl (C=O) groups is 1. The van der Waals surface area contributed by atoms with Crippen molar-refractivity contribution in [2.45, 2.75) is 32.8 Å². The van der Waals surface area contributed by atoms with Crippen molar-refractivity contribution in [3.63, 3.8) is 0 Å². The minimum absolute atomic E-state index is 0.0272. The Morgan fingerprint density at radius 3 is 2.50 bits per heavy atom. The van der Waals surface area contributed by atoms with Crippen LogP contribution >= 0.6 is 15.9 Å². The third-order valence-corrected chi connectivity index (χ3v) is 2.89. The fourth-order valence-electron chi connectivity index (χ4n) is 1.48. The van der Waals surface area contributed by atoms with Crippen molar-refractivity contribution in [3.8, 4) is 5.75 Å². The largest absolute Gasteiger partial charge is 0.491 e. The maximum Gasteiger partial charge on any atom is 0.251 e. The van der Waals surface area contributed by atoms with Gasteiger partial charge in [-0.3, -0.25) is 4.79 Å². The van der Waals surface area contributed by atoms with Gasteiger partial charge in [-0.05, 0) is 51.0 Å². The van der Waals surface area contributed by atoms with Gasteiger partial charge in [-0.1, -0.05) is 15.9 Å². The summed E-state index contributed by atoms with van der Waals surface area (Å²) < 4.78 is 5.53. The summed E-state index contributed by atoms with van der Waals surface area (Å²) in [5.74, 6) is 0.765. The van der Waals surface area contributed by atoms with Crippen molar-refractivity contribution in [3.05, 3.63) is 29.8 Å². The van der Waals surface area contributed by atoms with Crippen LogP contribution in [0, 0.1) is 0 Å². The molecule has 1 amide bonds. The highest BCUT2D eigenvalue weighted by molar-refractivity contribution is 9.09. The molecular weight excluding hydrogens is 294 g/mol. The number of nitrogens with one attached hydrogen (secondary N) is 1. The van der Waals surface area contributed by atoms with Crippen molar-refractivity contribution >= 4 is 21.8 Å². The first-order valence-electron chi connectivity index (χ1n) is 6.24. The molecule has 0 aromatic heterocycles. The number of benzene rings is 1. The first kappa shape index (κ1) is 15.0. The highest BCUT2D eigenvalue weighted by atomic mass is 79.9. The zero-order valence-corrected chi connectivity index (χ0v) is 12.5. The van der Waals surface area contributed by atoms with Crippen LogP contribution in [-0.4, -0.2) is 23.9 Å². The minimum atomic E-state index is -0.0272. The number of unbranched alkanes of at least 4 members (excludes halogenated alkanes) is 1. The fraction of sp³-hybridized carbons (Fsp3) is 0.500. The third kappa shape index (κ3) is 5.54. The van der Waals surface area contributed by atoms with Gasteiger partial charge in [0.15, 0.2) is 0 Å². The predicted octanol–water partition coefficient (Wildman–Crippen LogP) is 3.38. The van der Waals surface area contributed by atoms with Gasteiger partial charge in [0, 0.05) is 17.4 Å². The van der Waals surface area contributed by atoms with Crippen LogP contribution in [0.4, 0.5) is 0 Å². The first-order chi connectivity index (χ1) is 8.63. The molecule has 0 atom stereocenters. The molecule has 0 spiro atoms. The van der Waals surface area contributed by atoms with Crippen LogP contribution in [0.3, 0.4) is 0 Å². The topological polar surface area (TPSA) is 38.3 Å². The van der Waals surface area contributed by atoms with Gasteiger partial charge in [0.1, 0.15) is 5.75 Å². The molecule has 4 heteroatoms. The van der Waals surface area contributed by atoms with E-state index in [1.54, 1.807) is 12.1 Å². The van der Waals surface area contributed by atoms with E-state index in [0.29, 0.717) is 12.1 Å². The Morgan fingerprint density at radius 2 is 1.94 bits per heavy atom. The molecule has 3 nitrogen and oxygen atoms in total. The lowest BCUT2D eigenvalue weighted by atomic mass is 10.2. The number of rotatable bonds is 7. The molecule has 0 saturated heterocycles. The van der Waals surface area contributed by atoms with Crippen LogP contribution in [-0.2, 0) is 0 Å². The Bertz CT molecular complexity index is 363. The lowest BCUT2D eigenvalue weighted by molar-refractivity contribution is 0.0953. The lowest BCUT2D eigenvalue weighted by Gasteiger charge is -2.10. The van der Waals surface area contributed by atoms with E-state index in [4.69, 9.17) is 4.74 Å². The zero-order valence-electron chi connectivity index (χ0n) is 10.9. The standard InChI is InChI=1S/C14H20BrNO2/c1-11(2)18-13-7-5-12(6-8-13)14(17)16-10-4-3-9-15/h5-8,11H,3-4,9-10H2,1-2H3,(H,16,17). The molecule has 1 aromatic rings. The normalized spacial score (nSPS) is 10.4. The Balaban J connectivity index is 2.43. The van der Waals surface area contributed by atoms with Gasteiger partial charge in [-0.15, -0.1) is 0 Å². The smallest absolute Gasteiger partial charge is 0.251 e. The number of hydrogen-bond donors (Lipinski definition) is 1. The number of hydrogen-bond acceptors (Lipinski definition) is 2. The lowest BCUT2D eigenvalue weighted by Crippen LogP contribution is -2.24. The molecule has 0 radical (unpaired) electrons. The molecule has 0 aliphatic heterocycles. The van der Waals surface area contributed by atoms with E-state index in [9.17, 15) is 4.79 Å². The molecule has 100 valence electrons. The van der Waals surface area contributed by atoms with Gasteiger partial charge in [0.05, 0.1) is 6.10 Å². The Labute approximate surface area is 117 Å². The van der Waals surface area contributed by atoms with Crippen molar-refractivity contribution in [1.82, 2.24) is 5.32 Å². The Hall–Kier alpha value is -1.03. The van der Waals surface area contributed by atoms with Crippen LogP contribution in [0.2, 0.25) is 0 Å². The van der Waals surface area contributed by atoms with Crippen LogP contribution in [0.15, 0.2) is 24.3 Å². The van der Waals surface area contributed by atoms with Gasteiger partial charge >= 0.3 is 0 Å². The molecule has 0 aliphatic rings. The second kappa shape index (κ2) is 8.14. The molecule has 0 saturated carbocycles. The Kier molecular flexibility index (Phi) is 6.80. The first-order valence-corrected chi connectivity index (χ1v) is 7.36. The molecule has 1 aromatic carbocycles. The number of carbonyl (C=O) groups excluding carboxylic acids is 1. The number of alkyl halides is 1. The highest BCUT2D eigenvalue weighted by Gasteiger charge is 2.05. The number of halogens is 1. The molecule has 1 N–H and O–H groups in total. The van der Waals surface area contributed by atoms with Gasteiger partial charge < -0.3 is 10.1 Å². The van der Waals surface area contributed by atoms with Crippen molar-refractivity contribution in [2.24, 2.45) is 0 Å². The van der Waals surface area contributed by atoms with Gasteiger partial charge in [0.25, 0.3) is 5.91 Å². The van der Waals surface area contributed by atoms with Crippen LogP contribution in [0.5, 0.6) is 5.75 Å².